The molecule has 0 spiro atoms. The van der Waals surface area contributed by atoms with Gasteiger partial charge in [-0.3, -0.25) is 4.79 Å². The van der Waals surface area contributed by atoms with Crippen LogP contribution in [0.3, 0.4) is 0 Å². The number of hydrogen-bond acceptors (Lipinski definition) is 6. The van der Waals surface area contributed by atoms with Crippen LogP contribution in [-0.2, 0) is 0 Å². The highest BCUT2D eigenvalue weighted by atomic mass is 16.6. The lowest BCUT2D eigenvalue weighted by molar-refractivity contribution is 0.0695. The third-order valence-corrected chi connectivity index (χ3v) is 5.52. The van der Waals surface area contributed by atoms with E-state index in [2.05, 4.69) is 21.2 Å². The summed E-state index contributed by atoms with van der Waals surface area (Å²) in [4.78, 5) is 16.9. The maximum atomic E-state index is 13.0. The number of benzene rings is 1. The first-order valence-corrected chi connectivity index (χ1v) is 9.45. The number of rotatable bonds is 4. The van der Waals surface area contributed by atoms with E-state index in [4.69, 9.17) is 9.47 Å². The van der Waals surface area contributed by atoms with E-state index in [1.54, 1.807) is 11.0 Å². The van der Waals surface area contributed by atoms with Crippen LogP contribution in [0, 0.1) is 0 Å². The molecule has 27 heavy (non-hydrogen) atoms. The van der Waals surface area contributed by atoms with Gasteiger partial charge in [-0.2, -0.15) is 5.10 Å². The fourth-order valence-electron chi connectivity index (χ4n) is 3.59. The molecule has 1 amide bonds. The Balaban J connectivity index is 1.25. The van der Waals surface area contributed by atoms with Gasteiger partial charge in [0.25, 0.3) is 5.91 Å². The second kappa shape index (κ2) is 6.40. The number of ether oxygens (including phenoxy) is 2. The largest absolute Gasteiger partial charge is 0.486 e. The zero-order valence-corrected chi connectivity index (χ0v) is 15.3. The molecule has 2 fully saturated rings. The van der Waals surface area contributed by atoms with E-state index in [1.165, 1.54) is 12.8 Å². The molecule has 1 saturated heterocycles. The first kappa shape index (κ1) is 16.4. The molecule has 0 atom stereocenters. The number of hydrogen-bond donors (Lipinski definition) is 0. The maximum Gasteiger partial charge on any atom is 0.257 e. The standard InChI is InChI=1S/C20H22N4O3/c1-23(20(25)15-3-2-4-17-19(15)27-10-9-26-17)14-11-24(12-14)18-8-7-16(21-22-18)13-5-6-13/h2-4,7-8,13-14H,5-6,9-12H2,1H3. The molecule has 7 heteroatoms. The average Bonchev–Trinajstić information content (AvgIpc) is 3.51. The van der Waals surface area contributed by atoms with Crippen molar-refractivity contribution in [3.8, 4) is 11.5 Å². The van der Waals surface area contributed by atoms with Crippen LogP contribution in [0.15, 0.2) is 30.3 Å². The van der Waals surface area contributed by atoms with Crippen LogP contribution in [0.2, 0.25) is 0 Å². The number of amides is 1. The van der Waals surface area contributed by atoms with Crippen molar-refractivity contribution in [2.45, 2.75) is 24.8 Å². The molecule has 140 valence electrons. The van der Waals surface area contributed by atoms with Crippen molar-refractivity contribution in [3.63, 3.8) is 0 Å². The summed E-state index contributed by atoms with van der Waals surface area (Å²) in [5.41, 5.74) is 1.65. The molecule has 1 aromatic heterocycles. The number of anilines is 1. The zero-order chi connectivity index (χ0) is 18.4. The Kier molecular flexibility index (Phi) is 3.88. The van der Waals surface area contributed by atoms with Gasteiger partial charge in [0.05, 0.1) is 17.3 Å². The van der Waals surface area contributed by atoms with Crippen molar-refractivity contribution in [2.75, 3.05) is 38.3 Å². The van der Waals surface area contributed by atoms with Gasteiger partial charge in [-0.25, -0.2) is 0 Å². The van der Waals surface area contributed by atoms with E-state index in [-0.39, 0.29) is 11.9 Å². The topological polar surface area (TPSA) is 67.8 Å². The van der Waals surface area contributed by atoms with E-state index in [0.717, 1.165) is 24.6 Å². The summed E-state index contributed by atoms with van der Waals surface area (Å²) in [5.74, 6) is 2.64. The molecule has 2 aliphatic heterocycles. The van der Waals surface area contributed by atoms with E-state index in [0.29, 0.717) is 36.2 Å². The molecule has 3 aliphatic rings. The normalized spacial score (nSPS) is 18.8. The first-order chi connectivity index (χ1) is 13.2. The molecule has 1 aromatic carbocycles. The Hall–Kier alpha value is -2.83. The van der Waals surface area contributed by atoms with Crippen molar-refractivity contribution in [1.82, 2.24) is 15.1 Å². The van der Waals surface area contributed by atoms with Crippen molar-refractivity contribution in [2.24, 2.45) is 0 Å². The van der Waals surface area contributed by atoms with Crippen LogP contribution in [0.1, 0.15) is 34.8 Å². The first-order valence-electron chi connectivity index (χ1n) is 9.45. The molecule has 0 bridgehead atoms. The molecular formula is C20H22N4O3. The molecule has 7 nitrogen and oxygen atoms in total. The molecule has 5 rings (SSSR count). The summed E-state index contributed by atoms with van der Waals surface area (Å²) in [7, 11) is 1.84. The van der Waals surface area contributed by atoms with Crippen molar-refractivity contribution in [3.05, 3.63) is 41.6 Å². The molecule has 1 saturated carbocycles. The van der Waals surface area contributed by atoms with Gasteiger partial charge in [0.15, 0.2) is 17.3 Å². The Bertz CT molecular complexity index is 860. The smallest absolute Gasteiger partial charge is 0.257 e. The Labute approximate surface area is 157 Å². The van der Waals surface area contributed by atoms with Crippen LogP contribution >= 0.6 is 0 Å². The predicted molar refractivity (Wildman–Crippen MR) is 99.5 cm³/mol. The van der Waals surface area contributed by atoms with Crippen molar-refractivity contribution in [1.29, 1.82) is 0 Å². The molecule has 3 heterocycles. The van der Waals surface area contributed by atoms with Gasteiger partial charge in [0.1, 0.15) is 13.2 Å². The van der Waals surface area contributed by atoms with E-state index >= 15 is 0 Å². The lowest BCUT2D eigenvalue weighted by atomic mass is 10.1. The van der Waals surface area contributed by atoms with Crippen LogP contribution in [-0.4, -0.2) is 60.4 Å². The second-order valence-corrected chi connectivity index (χ2v) is 7.40. The molecule has 2 aromatic rings. The molecule has 0 unspecified atom stereocenters. The summed E-state index contributed by atoms with van der Waals surface area (Å²) >= 11 is 0. The highest BCUT2D eigenvalue weighted by Gasteiger charge is 2.35. The number of para-hydroxylation sites is 1. The number of fused-ring (bicyclic) bond motifs is 1. The van der Waals surface area contributed by atoms with Gasteiger partial charge in [0, 0.05) is 26.1 Å². The molecule has 0 N–H and O–H groups in total. The fraction of sp³-hybridized carbons (Fsp3) is 0.450. The van der Waals surface area contributed by atoms with Gasteiger partial charge >= 0.3 is 0 Å². The van der Waals surface area contributed by atoms with E-state index in [1.807, 2.05) is 25.2 Å². The molecular weight excluding hydrogens is 344 g/mol. The minimum Gasteiger partial charge on any atom is -0.486 e. The second-order valence-electron chi connectivity index (χ2n) is 7.40. The highest BCUT2D eigenvalue weighted by Crippen LogP contribution is 2.39. The Morgan fingerprint density at radius 2 is 1.93 bits per heavy atom. The monoisotopic (exact) mass is 366 g/mol. The van der Waals surface area contributed by atoms with Gasteiger partial charge < -0.3 is 19.3 Å². The minimum absolute atomic E-state index is 0.0443. The van der Waals surface area contributed by atoms with E-state index in [9.17, 15) is 4.79 Å². The zero-order valence-electron chi connectivity index (χ0n) is 15.3. The Morgan fingerprint density at radius 1 is 1.11 bits per heavy atom. The number of nitrogens with zero attached hydrogens (tertiary/aromatic N) is 4. The summed E-state index contributed by atoms with van der Waals surface area (Å²) < 4.78 is 11.3. The summed E-state index contributed by atoms with van der Waals surface area (Å²) in [6, 6.07) is 9.72. The summed E-state index contributed by atoms with van der Waals surface area (Å²) in [6.07, 6.45) is 2.45. The number of carbonyl (C=O) groups is 1. The van der Waals surface area contributed by atoms with Crippen LogP contribution in [0.25, 0.3) is 0 Å². The summed E-state index contributed by atoms with van der Waals surface area (Å²) in [6.45, 7) is 2.49. The van der Waals surface area contributed by atoms with Gasteiger partial charge in [0.2, 0.25) is 0 Å². The van der Waals surface area contributed by atoms with Crippen LogP contribution < -0.4 is 14.4 Å². The minimum atomic E-state index is -0.0443. The number of likely N-dealkylation sites (N-methyl/N-ethyl adjacent to an activating group) is 1. The van der Waals surface area contributed by atoms with E-state index < -0.39 is 0 Å². The predicted octanol–water partition coefficient (Wildman–Crippen LogP) is 2.09. The average molecular weight is 366 g/mol. The number of aromatic nitrogens is 2. The van der Waals surface area contributed by atoms with Crippen LogP contribution in [0.4, 0.5) is 5.82 Å². The lowest BCUT2D eigenvalue weighted by Gasteiger charge is -2.44. The third kappa shape index (κ3) is 2.97. The maximum absolute atomic E-state index is 13.0. The quantitative estimate of drug-likeness (QED) is 0.825. The van der Waals surface area contributed by atoms with Gasteiger partial charge in [-0.05, 0) is 37.1 Å². The molecule has 0 radical (unpaired) electrons. The summed E-state index contributed by atoms with van der Waals surface area (Å²) in [5, 5.41) is 8.69. The highest BCUT2D eigenvalue weighted by molar-refractivity contribution is 5.98. The number of carbonyl (C=O) groups excluding carboxylic acids is 1. The van der Waals surface area contributed by atoms with Crippen molar-refractivity contribution >= 4 is 11.7 Å². The van der Waals surface area contributed by atoms with Crippen molar-refractivity contribution < 1.29 is 14.3 Å². The SMILES string of the molecule is CN(C(=O)c1cccc2c1OCCO2)C1CN(c2ccc(C3CC3)nn2)C1. The van der Waals surface area contributed by atoms with Gasteiger partial charge in [-0.1, -0.05) is 6.07 Å². The lowest BCUT2D eigenvalue weighted by Crippen LogP contribution is -2.60. The Morgan fingerprint density at radius 3 is 2.67 bits per heavy atom. The van der Waals surface area contributed by atoms with Crippen LogP contribution in [0.5, 0.6) is 11.5 Å². The third-order valence-electron chi connectivity index (χ3n) is 5.52. The van der Waals surface area contributed by atoms with Gasteiger partial charge in [-0.15, -0.1) is 5.10 Å². The fourth-order valence-corrected chi connectivity index (χ4v) is 3.59. The molecule has 1 aliphatic carbocycles.